The predicted octanol–water partition coefficient (Wildman–Crippen LogP) is 5.60. The van der Waals surface area contributed by atoms with E-state index in [0.29, 0.717) is 0 Å². The van der Waals surface area contributed by atoms with Crippen LogP contribution < -0.4 is 0 Å². The minimum Gasteiger partial charge on any atom is -0.336 e. The summed E-state index contributed by atoms with van der Waals surface area (Å²) in [5, 5.41) is 0. The van der Waals surface area contributed by atoms with Crippen LogP contribution in [0.1, 0.15) is 54.4 Å². The highest BCUT2D eigenvalue weighted by Crippen LogP contribution is 2.53. The molecule has 0 bridgehead atoms. The van der Waals surface area contributed by atoms with Crippen LogP contribution in [0.15, 0.2) is 54.6 Å². The summed E-state index contributed by atoms with van der Waals surface area (Å²) in [6.07, 6.45) is 6.93. The van der Waals surface area contributed by atoms with E-state index < -0.39 is 11.4 Å². The second-order valence-electron chi connectivity index (χ2n) is 8.31. The maximum absolute atomic E-state index is 6.60. The van der Waals surface area contributed by atoms with Crippen LogP contribution in [0.4, 0.5) is 0 Å². The molecule has 3 aliphatic rings. The molecule has 1 heterocycles. The highest BCUT2D eigenvalue weighted by Gasteiger charge is 2.57. The molecule has 1 saturated carbocycles. The SMILES string of the molecule is Cc1ccc(C2=C[C@H]3OC4(CCCC4)OO[C@@]3(c3ccc(C)cc3)C2)cc1. The van der Waals surface area contributed by atoms with Crippen molar-refractivity contribution in [2.75, 3.05) is 0 Å². The molecule has 2 atom stereocenters. The van der Waals surface area contributed by atoms with Crippen LogP contribution in [0, 0.1) is 13.8 Å². The molecule has 0 unspecified atom stereocenters. The topological polar surface area (TPSA) is 27.7 Å². The van der Waals surface area contributed by atoms with E-state index in [1.54, 1.807) is 0 Å². The van der Waals surface area contributed by atoms with Crippen molar-refractivity contribution in [2.45, 2.75) is 63.4 Å². The van der Waals surface area contributed by atoms with Crippen molar-refractivity contribution in [2.24, 2.45) is 0 Å². The summed E-state index contributed by atoms with van der Waals surface area (Å²) in [6.45, 7) is 4.22. The normalized spacial score (nSPS) is 29.0. The minimum absolute atomic E-state index is 0.136. The largest absolute Gasteiger partial charge is 0.336 e. The summed E-state index contributed by atoms with van der Waals surface area (Å²) in [5.41, 5.74) is 5.50. The van der Waals surface area contributed by atoms with Gasteiger partial charge in [0.25, 0.3) is 0 Å². The molecule has 0 amide bonds. The summed E-state index contributed by atoms with van der Waals surface area (Å²) in [4.78, 5) is 12.2. The molecule has 1 spiro atoms. The van der Waals surface area contributed by atoms with Gasteiger partial charge in [0.1, 0.15) is 6.10 Å². The van der Waals surface area contributed by atoms with Crippen molar-refractivity contribution in [1.29, 1.82) is 0 Å². The Balaban J connectivity index is 1.54. The van der Waals surface area contributed by atoms with Crippen molar-refractivity contribution in [3.63, 3.8) is 0 Å². The number of rotatable bonds is 2. The summed E-state index contributed by atoms with van der Waals surface area (Å²) in [6, 6.07) is 17.3. The molecule has 27 heavy (non-hydrogen) atoms. The minimum atomic E-state index is -0.609. The first-order chi connectivity index (χ1) is 13.1. The zero-order chi connectivity index (χ0) is 18.5. The third-order valence-corrected chi connectivity index (χ3v) is 6.28. The zero-order valence-corrected chi connectivity index (χ0v) is 16.0. The van der Waals surface area contributed by atoms with Gasteiger partial charge in [-0.3, -0.25) is 0 Å². The van der Waals surface area contributed by atoms with E-state index in [9.17, 15) is 0 Å². The van der Waals surface area contributed by atoms with E-state index in [0.717, 1.165) is 37.7 Å². The Hall–Kier alpha value is -1.94. The van der Waals surface area contributed by atoms with Crippen molar-refractivity contribution >= 4 is 5.57 Å². The van der Waals surface area contributed by atoms with Crippen molar-refractivity contribution in [3.8, 4) is 0 Å². The number of fused-ring (bicyclic) bond motifs is 1. The van der Waals surface area contributed by atoms with E-state index in [1.165, 1.54) is 22.3 Å². The lowest BCUT2D eigenvalue weighted by Crippen LogP contribution is -2.53. The molecule has 2 aliphatic carbocycles. The molecule has 3 nitrogen and oxygen atoms in total. The Labute approximate surface area is 160 Å². The average Bonchev–Trinajstić information content (AvgIpc) is 3.28. The van der Waals surface area contributed by atoms with Gasteiger partial charge in [-0.15, -0.1) is 0 Å². The first kappa shape index (κ1) is 17.2. The van der Waals surface area contributed by atoms with Gasteiger partial charge in [-0.25, -0.2) is 9.78 Å². The molecule has 2 aromatic carbocycles. The lowest BCUT2D eigenvalue weighted by molar-refractivity contribution is -0.524. The molecule has 0 radical (unpaired) electrons. The fraction of sp³-hybridized carbons (Fsp3) is 0.417. The summed E-state index contributed by atoms with van der Waals surface area (Å²) in [7, 11) is 0. The van der Waals surface area contributed by atoms with E-state index in [2.05, 4.69) is 68.5 Å². The monoisotopic (exact) mass is 362 g/mol. The Kier molecular flexibility index (Phi) is 4.01. The van der Waals surface area contributed by atoms with Gasteiger partial charge in [0.2, 0.25) is 5.79 Å². The molecule has 2 aromatic rings. The average molecular weight is 362 g/mol. The number of aryl methyl sites for hydroxylation is 2. The van der Waals surface area contributed by atoms with Crippen LogP contribution in [-0.2, 0) is 20.1 Å². The number of benzene rings is 2. The molecule has 3 heteroatoms. The highest BCUT2D eigenvalue weighted by molar-refractivity contribution is 5.71. The van der Waals surface area contributed by atoms with Crippen molar-refractivity contribution in [3.05, 3.63) is 76.9 Å². The molecule has 1 saturated heterocycles. The zero-order valence-electron chi connectivity index (χ0n) is 16.0. The van der Waals surface area contributed by atoms with Crippen molar-refractivity contribution < 1.29 is 14.5 Å². The van der Waals surface area contributed by atoms with Crippen LogP contribution >= 0.6 is 0 Å². The smallest absolute Gasteiger partial charge is 0.202 e. The summed E-state index contributed by atoms with van der Waals surface area (Å²) >= 11 is 0. The quantitative estimate of drug-likeness (QED) is 0.651. The number of hydrogen-bond acceptors (Lipinski definition) is 3. The van der Waals surface area contributed by atoms with Gasteiger partial charge in [-0.2, -0.15) is 0 Å². The molecule has 0 aromatic heterocycles. The first-order valence-corrected chi connectivity index (χ1v) is 9.98. The fourth-order valence-corrected chi connectivity index (χ4v) is 4.60. The highest BCUT2D eigenvalue weighted by atomic mass is 17.2. The van der Waals surface area contributed by atoms with Crippen molar-refractivity contribution in [1.82, 2.24) is 0 Å². The lowest BCUT2D eigenvalue weighted by Gasteiger charge is -2.45. The Morgan fingerprint density at radius 3 is 2.11 bits per heavy atom. The van der Waals surface area contributed by atoms with Crippen LogP contribution in [0.2, 0.25) is 0 Å². The second kappa shape index (κ2) is 6.30. The summed E-state index contributed by atoms with van der Waals surface area (Å²) in [5.74, 6) is -0.571. The van der Waals surface area contributed by atoms with Gasteiger partial charge in [-0.05, 0) is 49.5 Å². The molecule has 140 valence electrons. The van der Waals surface area contributed by atoms with Gasteiger partial charge >= 0.3 is 0 Å². The fourth-order valence-electron chi connectivity index (χ4n) is 4.60. The molecule has 1 aliphatic heterocycles. The summed E-state index contributed by atoms with van der Waals surface area (Å²) < 4.78 is 6.60. The van der Waals surface area contributed by atoms with E-state index in [4.69, 9.17) is 14.5 Å². The number of ether oxygens (including phenoxy) is 1. The van der Waals surface area contributed by atoms with Crippen LogP contribution in [0.25, 0.3) is 5.57 Å². The second-order valence-corrected chi connectivity index (χ2v) is 8.31. The Bertz CT molecular complexity index is 860. The van der Waals surface area contributed by atoms with Gasteiger partial charge < -0.3 is 4.74 Å². The van der Waals surface area contributed by atoms with E-state index in [1.807, 2.05) is 0 Å². The van der Waals surface area contributed by atoms with Gasteiger partial charge in [0.05, 0.1) is 0 Å². The van der Waals surface area contributed by atoms with Gasteiger partial charge in [-0.1, -0.05) is 59.7 Å². The van der Waals surface area contributed by atoms with E-state index in [-0.39, 0.29) is 6.10 Å². The number of hydrogen-bond donors (Lipinski definition) is 0. The third-order valence-electron chi connectivity index (χ3n) is 6.28. The maximum atomic E-state index is 6.60. The Morgan fingerprint density at radius 2 is 1.44 bits per heavy atom. The molecule has 0 N–H and O–H groups in total. The van der Waals surface area contributed by atoms with Crippen LogP contribution in [-0.4, -0.2) is 11.9 Å². The molecular formula is C24H26O3. The molecule has 2 fully saturated rings. The third kappa shape index (κ3) is 2.85. The maximum Gasteiger partial charge on any atom is 0.202 e. The molecule has 5 rings (SSSR count). The predicted molar refractivity (Wildman–Crippen MR) is 105 cm³/mol. The standard InChI is InChI=1S/C24H26O3/c1-17-5-9-19(10-6-17)20-15-22-24(16-20,21-11-7-18(2)8-12-21)27-26-23(25-22)13-3-4-14-23/h5-12,15,22H,3-4,13-14,16H2,1-2H3/t22-,24-/m1/s1. The lowest BCUT2D eigenvalue weighted by atomic mass is 9.86. The first-order valence-electron chi connectivity index (χ1n) is 9.98. The van der Waals surface area contributed by atoms with Crippen LogP contribution in [0.3, 0.4) is 0 Å². The van der Waals surface area contributed by atoms with Gasteiger partial charge in [0, 0.05) is 19.3 Å². The van der Waals surface area contributed by atoms with Gasteiger partial charge in [0.15, 0.2) is 5.60 Å². The van der Waals surface area contributed by atoms with Crippen LogP contribution in [0.5, 0.6) is 0 Å². The Morgan fingerprint density at radius 1 is 0.815 bits per heavy atom. The van der Waals surface area contributed by atoms with E-state index >= 15 is 0 Å². The molecular weight excluding hydrogens is 336 g/mol.